The van der Waals surface area contributed by atoms with Crippen LogP contribution >= 0.6 is 0 Å². The normalized spacial score (nSPS) is 8.17. The summed E-state index contributed by atoms with van der Waals surface area (Å²) >= 11 is 0. The minimum Gasteiger partial charge on any atom is -0.301 e. The third-order valence-corrected chi connectivity index (χ3v) is 0.291. The van der Waals surface area contributed by atoms with Crippen LogP contribution < -0.4 is 11.0 Å². The molecule has 3 nitrogen and oxygen atoms in total. The van der Waals surface area contributed by atoms with Crippen molar-refractivity contribution in [3.63, 3.8) is 0 Å². The summed E-state index contributed by atoms with van der Waals surface area (Å²) < 4.78 is 0. The number of nitrogens with one attached hydrogen (secondary N) is 1. The third kappa shape index (κ3) is 3.62. The maximum absolute atomic E-state index is 7.73. The lowest BCUT2D eigenvalue weighted by Crippen LogP contribution is -2.19. The van der Waals surface area contributed by atoms with Crippen LogP contribution in [0.2, 0.25) is 0 Å². The topological polar surface area (TPSA) is 46.4 Å². The molecule has 0 aromatic heterocycles. The highest BCUT2D eigenvalue weighted by Crippen LogP contribution is 1.52. The van der Waals surface area contributed by atoms with Gasteiger partial charge in [0.2, 0.25) is 0 Å². The number of hydrogen-bond acceptors (Lipinski definition) is 2. The summed E-state index contributed by atoms with van der Waals surface area (Å²) in [4.78, 5) is 0. The molecule has 35 valence electrons. The van der Waals surface area contributed by atoms with Crippen molar-refractivity contribution in [3.8, 4) is 0 Å². The summed E-state index contributed by atoms with van der Waals surface area (Å²) in [6.45, 7) is 3.79. The quantitative estimate of drug-likeness (QED) is 0.281. The van der Waals surface area contributed by atoms with Crippen LogP contribution in [0.5, 0.6) is 0 Å². The van der Waals surface area contributed by atoms with E-state index in [0.717, 1.165) is 0 Å². The van der Waals surface area contributed by atoms with Gasteiger partial charge in [0, 0.05) is 0 Å². The minimum atomic E-state index is 0.441. The maximum atomic E-state index is 7.73. The Kier molecular flexibility index (Phi) is 4.33. The number of nitrogens with zero attached hydrogens (tertiary/aromatic N) is 1. The maximum Gasteiger partial charge on any atom is 0.0505 e. The van der Waals surface area contributed by atoms with E-state index in [1.54, 1.807) is 11.7 Å². The molecule has 0 heterocycles. The van der Waals surface area contributed by atoms with Gasteiger partial charge in [-0.1, -0.05) is 6.08 Å². The second-order valence-corrected chi connectivity index (χ2v) is 0.729. The molecule has 0 fully saturated rings. The molecule has 0 saturated carbocycles. The van der Waals surface area contributed by atoms with Gasteiger partial charge < -0.3 is 5.21 Å². The van der Waals surface area contributed by atoms with Crippen molar-refractivity contribution in [3.05, 3.63) is 12.7 Å². The van der Waals surface area contributed by atoms with E-state index in [-0.39, 0.29) is 0 Å². The van der Waals surface area contributed by atoms with Gasteiger partial charge in [0.15, 0.2) is 0 Å². The van der Waals surface area contributed by atoms with E-state index in [1.807, 2.05) is 0 Å². The molecule has 0 spiro atoms. The van der Waals surface area contributed by atoms with Crippen LogP contribution in [0, 0.1) is 0 Å². The van der Waals surface area contributed by atoms with E-state index < -0.39 is 0 Å². The summed E-state index contributed by atoms with van der Waals surface area (Å²) in [5.74, 6) is 0. The molecule has 0 rings (SSSR count). The van der Waals surface area contributed by atoms with Crippen LogP contribution in [0.1, 0.15) is 0 Å². The van der Waals surface area contributed by atoms with Gasteiger partial charge in [0.05, 0.1) is 6.54 Å². The molecule has 0 unspecified atom stereocenters. The predicted molar refractivity (Wildman–Crippen MR) is 22.1 cm³/mol. The van der Waals surface area contributed by atoms with Gasteiger partial charge in [-0.15, -0.1) is 17.6 Å². The van der Waals surface area contributed by atoms with E-state index in [1.165, 1.54) is 0 Å². The highest BCUT2D eigenvalue weighted by molar-refractivity contribution is 4.66. The average molecular weight is 87.1 g/mol. The van der Waals surface area contributed by atoms with Crippen LogP contribution in [-0.4, -0.2) is 11.8 Å². The van der Waals surface area contributed by atoms with E-state index in [4.69, 9.17) is 5.21 Å². The van der Waals surface area contributed by atoms with E-state index in [0.29, 0.717) is 6.54 Å². The fourth-order valence-corrected chi connectivity index (χ4v) is 0.105. The summed E-state index contributed by atoms with van der Waals surface area (Å²) in [6.07, 6.45) is 1.57. The van der Waals surface area contributed by atoms with E-state index in [2.05, 4.69) is 12.0 Å². The molecule has 0 aliphatic carbocycles. The fraction of sp³-hybridized carbons (Fsp3) is 0.333. The molecule has 0 aliphatic rings. The lowest BCUT2D eigenvalue weighted by Gasteiger charge is -1.86. The fourth-order valence-electron chi connectivity index (χ4n) is 0.105. The van der Waals surface area contributed by atoms with Crippen LogP contribution in [0.4, 0.5) is 0 Å². The van der Waals surface area contributed by atoms with Gasteiger partial charge in [-0.3, -0.25) is 0 Å². The molecule has 0 aromatic rings. The van der Waals surface area contributed by atoms with Crippen molar-refractivity contribution in [1.29, 1.82) is 0 Å². The van der Waals surface area contributed by atoms with Gasteiger partial charge in [0.1, 0.15) is 0 Å². The van der Waals surface area contributed by atoms with Crippen molar-refractivity contribution >= 4 is 0 Å². The minimum absolute atomic E-state index is 0.441. The molecular weight excluding hydrogens is 80.0 g/mol. The van der Waals surface area contributed by atoms with Crippen LogP contribution in [-0.2, 0) is 0 Å². The average Bonchev–Trinajstić information content (AvgIpc) is 1.61. The summed E-state index contributed by atoms with van der Waals surface area (Å²) in [7, 11) is 0. The highest BCUT2D eigenvalue weighted by atomic mass is 16.5. The summed E-state index contributed by atoms with van der Waals surface area (Å²) in [5.41, 5.74) is 4.90. The molecule has 0 bridgehead atoms. The second kappa shape index (κ2) is 4.62. The second-order valence-electron chi connectivity index (χ2n) is 0.729. The molecule has 6 heavy (non-hydrogen) atoms. The van der Waals surface area contributed by atoms with Crippen molar-refractivity contribution in [2.24, 2.45) is 0 Å². The Morgan fingerprint density at radius 2 is 2.67 bits per heavy atom. The van der Waals surface area contributed by atoms with Crippen LogP contribution in [0.3, 0.4) is 0 Å². The molecule has 0 saturated heterocycles. The Balaban J connectivity index is 2.49. The Labute approximate surface area is 36.6 Å². The standard InChI is InChI=1S/C3H7N2O/c1-2-3-4-5-6/h2,5-6H,1,3H2. The Bertz CT molecular complexity index is 37.8. The number of rotatable bonds is 3. The number of hydrogen-bond donors (Lipinski definition) is 2. The lowest BCUT2D eigenvalue weighted by molar-refractivity contribution is 0.121. The highest BCUT2D eigenvalue weighted by Gasteiger charge is 1.68. The predicted octanol–water partition coefficient (Wildman–Crippen LogP) is -0.329. The van der Waals surface area contributed by atoms with Gasteiger partial charge in [0.25, 0.3) is 0 Å². The first kappa shape index (κ1) is 5.62. The molecule has 0 amide bonds. The zero-order valence-corrected chi connectivity index (χ0v) is 3.39. The Morgan fingerprint density at radius 3 is 2.83 bits per heavy atom. The van der Waals surface area contributed by atoms with Gasteiger partial charge in [-0.05, 0) is 0 Å². The first-order valence-corrected chi connectivity index (χ1v) is 1.58. The zero-order valence-electron chi connectivity index (χ0n) is 3.39. The molecule has 3 heteroatoms. The van der Waals surface area contributed by atoms with Crippen molar-refractivity contribution in [2.45, 2.75) is 0 Å². The first-order valence-electron chi connectivity index (χ1n) is 1.58. The molecule has 0 atom stereocenters. The van der Waals surface area contributed by atoms with Crippen molar-refractivity contribution in [1.82, 2.24) is 11.0 Å². The van der Waals surface area contributed by atoms with Gasteiger partial charge in [-0.2, -0.15) is 0 Å². The van der Waals surface area contributed by atoms with Gasteiger partial charge >= 0.3 is 0 Å². The monoisotopic (exact) mass is 87.1 g/mol. The van der Waals surface area contributed by atoms with Crippen molar-refractivity contribution in [2.75, 3.05) is 6.54 Å². The zero-order chi connectivity index (χ0) is 4.83. The van der Waals surface area contributed by atoms with Crippen LogP contribution in [0.15, 0.2) is 12.7 Å². The molecule has 0 aliphatic heterocycles. The lowest BCUT2D eigenvalue weighted by atomic mass is 10.7. The van der Waals surface area contributed by atoms with E-state index in [9.17, 15) is 0 Å². The van der Waals surface area contributed by atoms with Gasteiger partial charge in [-0.25, -0.2) is 0 Å². The molecule has 0 aromatic carbocycles. The largest absolute Gasteiger partial charge is 0.301 e. The van der Waals surface area contributed by atoms with Crippen molar-refractivity contribution < 1.29 is 5.21 Å². The molecule has 1 radical (unpaired) electrons. The molecule has 2 N–H and O–H groups in total. The summed E-state index contributed by atoms with van der Waals surface area (Å²) in [5, 5.41) is 7.73. The summed E-state index contributed by atoms with van der Waals surface area (Å²) in [6, 6.07) is 0. The first-order chi connectivity index (χ1) is 2.91. The third-order valence-electron chi connectivity index (χ3n) is 0.291. The van der Waals surface area contributed by atoms with Crippen LogP contribution in [0.25, 0.3) is 0 Å². The van der Waals surface area contributed by atoms with E-state index >= 15 is 0 Å². The molecular formula is C3H7N2O. The Hall–Kier alpha value is -0.380. The Morgan fingerprint density at radius 1 is 2.00 bits per heavy atom. The smallest absolute Gasteiger partial charge is 0.0505 e. The SMILES string of the molecule is C=CC[N]NO.